The molecule has 0 unspecified atom stereocenters. The number of ether oxygens (including phenoxy) is 3. The summed E-state index contributed by atoms with van der Waals surface area (Å²) in [5, 5.41) is 0. The molecule has 8 nitrogen and oxygen atoms in total. The minimum atomic E-state index is -0.595. The number of halogens is 1. The second kappa shape index (κ2) is 9.36. The smallest absolute Gasteiger partial charge is 0.267 e. The summed E-state index contributed by atoms with van der Waals surface area (Å²) in [6.07, 6.45) is 1.41. The molecule has 154 valence electrons. The van der Waals surface area contributed by atoms with Gasteiger partial charge in [0.15, 0.2) is 0 Å². The summed E-state index contributed by atoms with van der Waals surface area (Å²) >= 11 is 3.27. The number of methoxy groups -OCH3 is 3. The van der Waals surface area contributed by atoms with Crippen LogP contribution in [0.1, 0.15) is 20.7 Å². The van der Waals surface area contributed by atoms with Crippen LogP contribution in [-0.4, -0.2) is 43.1 Å². The van der Waals surface area contributed by atoms with Gasteiger partial charge in [-0.15, -0.1) is 0 Å². The average molecular weight is 472 g/mol. The van der Waals surface area contributed by atoms with E-state index in [1.165, 1.54) is 27.5 Å². The van der Waals surface area contributed by atoms with Crippen LogP contribution in [0.5, 0.6) is 17.4 Å². The van der Waals surface area contributed by atoms with E-state index in [1.807, 2.05) is 0 Å². The molecular weight excluding hydrogens is 454 g/mol. The third-order valence-corrected chi connectivity index (χ3v) is 4.72. The zero-order chi connectivity index (χ0) is 21.7. The van der Waals surface area contributed by atoms with Crippen LogP contribution in [0, 0.1) is 0 Å². The third-order valence-electron chi connectivity index (χ3n) is 4.17. The number of hydrogen-bond acceptors (Lipinski definition) is 7. The molecule has 0 spiro atoms. The van der Waals surface area contributed by atoms with Crippen molar-refractivity contribution in [2.45, 2.75) is 0 Å². The fourth-order valence-corrected chi connectivity index (χ4v) is 2.95. The van der Waals surface area contributed by atoms with E-state index >= 15 is 0 Å². The summed E-state index contributed by atoms with van der Waals surface area (Å²) in [4.78, 5) is 35.8. The van der Waals surface area contributed by atoms with E-state index in [0.29, 0.717) is 16.0 Å². The summed E-state index contributed by atoms with van der Waals surface area (Å²) in [5.41, 5.74) is 0.534. The zero-order valence-electron chi connectivity index (χ0n) is 16.5. The Morgan fingerprint density at radius 2 is 1.27 bits per heavy atom. The van der Waals surface area contributed by atoms with E-state index in [2.05, 4.69) is 25.9 Å². The molecule has 1 heterocycles. The van der Waals surface area contributed by atoms with Gasteiger partial charge in [0.25, 0.3) is 11.8 Å². The van der Waals surface area contributed by atoms with Crippen molar-refractivity contribution in [3.8, 4) is 17.4 Å². The van der Waals surface area contributed by atoms with Crippen LogP contribution in [0.2, 0.25) is 0 Å². The fourth-order valence-electron chi connectivity index (χ4n) is 2.59. The summed E-state index contributed by atoms with van der Waals surface area (Å²) in [6, 6.07) is 12.8. The second-order valence-corrected chi connectivity index (χ2v) is 6.78. The van der Waals surface area contributed by atoms with Crippen LogP contribution in [0.15, 0.2) is 59.2 Å². The third kappa shape index (κ3) is 4.41. The topological polar surface area (TPSA) is 90.9 Å². The Kier molecular flexibility index (Phi) is 6.63. The number of rotatable bonds is 6. The van der Waals surface area contributed by atoms with Gasteiger partial charge in [0.05, 0.1) is 32.0 Å². The summed E-state index contributed by atoms with van der Waals surface area (Å²) in [5.74, 6) is 0.0553. The highest BCUT2D eigenvalue weighted by Crippen LogP contribution is 2.26. The van der Waals surface area contributed by atoms with Crippen molar-refractivity contribution in [1.82, 2.24) is 9.97 Å². The number of anilines is 1. The fraction of sp³-hybridized carbons (Fsp3) is 0.143. The van der Waals surface area contributed by atoms with Crippen LogP contribution in [-0.2, 0) is 0 Å². The molecule has 0 aliphatic carbocycles. The van der Waals surface area contributed by atoms with Gasteiger partial charge in [0.1, 0.15) is 11.5 Å². The van der Waals surface area contributed by atoms with Gasteiger partial charge >= 0.3 is 0 Å². The van der Waals surface area contributed by atoms with Crippen LogP contribution >= 0.6 is 15.9 Å². The maximum absolute atomic E-state index is 13.3. The molecule has 2 amide bonds. The molecule has 1 aromatic heterocycles. The van der Waals surface area contributed by atoms with Crippen molar-refractivity contribution in [2.24, 2.45) is 0 Å². The van der Waals surface area contributed by atoms with Gasteiger partial charge in [-0.1, -0.05) is 0 Å². The lowest BCUT2D eigenvalue weighted by atomic mass is 10.1. The number of hydrogen-bond donors (Lipinski definition) is 0. The second-order valence-electron chi connectivity index (χ2n) is 5.93. The average Bonchev–Trinajstić information content (AvgIpc) is 2.80. The lowest BCUT2D eigenvalue weighted by molar-refractivity contribution is 0.0895. The Morgan fingerprint density at radius 1 is 0.800 bits per heavy atom. The normalized spacial score (nSPS) is 10.3. The molecule has 0 aliphatic rings. The minimum Gasteiger partial charge on any atom is -0.497 e. The molecule has 0 N–H and O–H groups in total. The maximum atomic E-state index is 13.3. The van der Waals surface area contributed by atoms with E-state index in [4.69, 9.17) is 14.2 Å². The lowest BCUT2D eigenvalue weighted by Gasteiger charge is -2.20. The Hall–Kier alpha value is -3.46. The van der Waals surface area contributed by atoms with Crippen molar-refractivity contribution in [3.63, 3.8) is 0 Å². The van der Waals surface area contributed by atoms with Crippen LogP contribution in [0.3, 0.4) is 0 Å². The molecule has 9 heteroatoms. The van der Waals surface area contributed by atoms with Gasteiger partial charge in [0.2, 0.25) is 11.8 Å². The van der Waals surface area contributed by atoms with Crippen LogP contribution < -0.4 is 19.1 Å². The minimum absolute atomic E-state index is 0.114. The SMILES string of the molecule is COc1ccc(C(=O)N(C(=O)c2ccc(OC)cc2)c2ncc(Br)c(OC)n2)cc1. The molecule has 0 atom stereocenters. The Balaban J connectivity index is 2.07. The van der Waals surface area contributed by atoms with E-state index in [1.54, 1.807) is 48.5 Å². The summed E-state index contributed by atoms with van der Waals surface area (Å²) in [7, 11) is 4.48. The van der Waals surface area contributed by atoms with Gasteiger partial charge in [-0.05, 0) is 64.5 Å². The van der Waals surface area contributed by atoms with Crippen molar-refractivity contribution < 1.29 is 23.8 Å². The summed E-state index contributed by atoms with van der Waals surface area (Å²) < 4.78 is 15.9. The molecule has 3 rings (SSSR count). The number of carbonyl (C=O) groups is 2. The van der Waals surface area contributed by atoms with Crippen molar-refractivity contribution in [2.75, 3.05) is 26.2 Å². The molecule has 0 bridgehead atoms. The number of aromatic nitrogens is 2. The first kappa shape index (κ1) is 21.3. The number of imide groups is 1. The lowest BCUT2D eigenvalue weighted by Crippen LogP contribution is -2.38. The predicted octanol–water partition coefficient (Wildman–Crippen LogP) is 3.75. The van der Waals surface area contributed by atoms with Gasteiger partial charge in [-0.3, -0.25) is 9.59 Å². The van der Waals surface area contributed by atoms with Crippen LogP contribution in [0.4, 0.5) is 5.95 Å². The van der Waals surface area contributed by atoms with Gasteiger partial charge in [-0.25, -0.2) is 9.88 Å². The number of amides is 2. The number of nitrogens with zero attached hydrogens (tertiary/aromatic N) is 3. The highest BCUT2D eigenvalue weighted by atomic mass is 79.9. The monoisotopic (exact) mass is 471 g/mol. The number of carbonyl (C=O) groups excluding carboxylic acids is 2. The van der Waals surface area contributed by atoms with Gasteiger partial charge < -0.3 is 14.2 Å². The molecule has 30 heavy (non-hydrogen) atoms. The summed E-state index contributed by atoms with van der Waals surface area (Å²) in [6.45, 7) is 0. The maximum Gasteiger partial charge on any atom is 0.267 e. The first-order chi connectivity index (χ1) is 14.5. The molecule has 0 radical (unpaired) electrons. The molecule has 0 fully saturated rings. The first-order valence-corrected chi connectivity index (χ1v) is 9.51. The molecule has 3 aromatic rings. The van der Waals surface area contributed by atoms with E-state index in [-0.39, 0.29) is 23.0 Å². The van der Waals surface area contributed by atoms with Gasteiger partial charge in [0, 0.05) is 11.1 Å². The number of benzene rings is 2. The Bertz CT molecular complexity index is 996. The van der Waals surface area contributed by atoms with Crippen molar-refractivity contribution >= 4 is 33.7 Å². The molecule has 0 saturated heterocycles. The van der Waals surface area contributed by atoms with Gasteiger partial charge in [-0.2, -0.15) is 4.98 Å². The highest BCUT2D eigenvalue weighted by molar-refractivity contribution is 9.10. The predicted molar refractivity (Wildman–Crippen MR) is 113 cm³/mol. The van der Waals surface area contributed by atoms with Crippen molar-refractivity contribution in [3.05, 3.63) is 70.3 Å². The van der Waals surface area contributed by atoms with Crippen LogP contribution in [0.25, 0.3) is 0 Å². The Labute approximate surface area is 181 Å². The largest absolute Gasteiger partial charge is 0.497 e. The van der Waals surface area contributed by atoms with E-state index in [9.17, 15) is 9.59 Å². The van der Waals surface area contributed by atoms with Crippen molar-refractivity contribution in [1.29, 1.82) is 0 Å². The standard InChI is InChI=1S/C21H18BrN3O5/c1-28-15-8-4-13(5-9-15)19(26)25(21-23-12-17(22)18(24-21)30-3)20(27)14-6-10-16(29-2)11-7-14/h4-12H,1-3H3. The first-order valence-electron chi connectivity index (χ1n) is 8.72. The zero-order valence-corrected chi connectivity index (χ0v) is 18.0. The molecule has 0 aliphatic heterocycles. The molecular formula is C21H18BrN3O5. The van der Waals surface area contributed by atoms with E-state index < -0.39 is 11.8 Å². The Morgan fingerprint density at radius 3 is 1.67 bits per heavy atom. The molecule has 0 saturated carbocycles. The quantitative estimate of drug-likeness (QED) is 0.505. The highest BCUT2D eigenvalue weighted by Gasteiger charge is 2.29. The van der Waals surface area contributed by atoms with E-state index in [0.717, 1.165) is 4.90 Å². The molecule has 2 aromatic carbocycles.